The molecule has 4 nitrogen and oxygen atoms in total. The van der Waals surface area contributed by atoms with E-state index in [0.29, 0.717) is 6.42 Å². The molecule has 0 heterocycles. The van der Waals surface area contributed by atoms with Gasteiger partial charge in [0.1, 0.15) is 5.80 Å². The van der Waals surface area contributed by atoms with Gasteiger partial charge in [-0.3, -0.25) is 0 Å². The van der Waals surface area contributed by atoms with E-state index in [4.69, 9.17) is 5.73 Å². The van der Waals surface area contributed by atoms with Gasteiger partial charge < -0.3 is 15.5 Å². The van der Waals surface area contributed by atoms with E-state index in [-0.39, 0.29) is 59.1 Å². The maximum Gasteiger partial charge on any atom is 1.00 e. The number of allylic oxidation sites excluding steroid dienone is 2. The van der Waals surface area contributed by atoms with Crippen molar-refractivity contribution in [1.82, 2.24) is 0 Å². The average Bonchev–Trinajstić information content (AvgIpc) is 2.04. The van der Waals surface area contributed by atoms with Gasteiger partial charge in [-0.15, -0.1) is 0 Å². The summed E-state index contributed by atoms with van der Waals surface area (Å²) in [5.74, 6) is 1.37. The average molecular weight is 264 g/mol. The van der Waals surface area contributed by atoms with Crippen molar-refractivity contribution in [3.05, 3.63) is 24.3 Å². The molecule has 0 spiro atoms. The molecule has 0 bridgehead atoms. The Morgan fingerprint density at radius 1 is 1.47 bits per heavy atom. The third kappa shape index (κ3) is 7.77. The number of hydrogen-bond donors (Lipinski definition) is 1. The summed E-state index contributed by atoms with van der Waals surface area (Å²) in [6.07, 6.45) is 7.83. The van der Waals surface area contributed by atoms with Crippen molar-refractivity contribution in [3.8, 4) is 0 Å². The first-order valence-corrected chi connectivity index (χ1v) is 5.72. The molecule has 3 unspecified atom stereocenters. The molecule has 0 amide bonds. The minimum Gasteiger partial charge on any atom is -0.807 e. The number of rotatable bonds is 3. The molecule has 1 aliphatic carbocycles. The fourth-order valence-electron chi connectivity index (χ4n) is 1.01. The van der Waals surface area contributed by atoms with Crippen LogP contribution in [0, 0.1) is 0 Å². The number of nitrogens with two attached hydrogens (primary N) is 1. The Kier molecular flexibility index (Phi) is 12.7. The quantitative estimate of drug-likeness (QED) is 0.406. The molecule has 0 radical (unpaired) electrons. The third-order valence-corrected chi connectivity index (χ3v) is 3.31. The molecular weight excluding hydrogens is 254 g/mol. The molecule has 0 aromatic rings. The van der Waals surface area contributed by atoms with Gasteiger partial charge in [-0.25, -0.2) is 0 Å². The van der Waals surface area contributed by atoms with Gasteiger partial charge in [-0.1, -0.05) is 24.3 Å². The first-order chi connectivity index (χ1) is 6.16. The molecule has 0 aliphatic heterocycles. The van der Waals surface area contributed by atoms with Gasteiger partial charge in [0.2, 0.25) is 8.00 Å². The first kappa shape index (κ1) is 19.3. The minimum absolute atomic E-state index is 0. The van der Waals surface area contributed by atoms with Crippen molar-refractivity contribution in [2.24, 2.45) is 5.73 Å². The van der Waals surface area contributed by atoms with E-state index in [0.717, 1.165) is 0 Å². The molecule has 72 valence electrons. The monoisotopic (exact) mass is 264 g/mol. The van der Waals surface area contributed by atoms with E-state index in [1.54, 1.807) is 12.2 Å². The predicted octanol–water partition coefficient (Wildman–Crippen LogP) is -6.43. The Labute approximate surface area is 136 Å². The van der Waals surface area contributed by atoms with E-state index in [1.165, 1.54) is 5.80 Å². The van der Waals surface area contributed by atoms with Crippen LogP contribution in [0.4, 0.5) is 0 Å². The number of hydrogen-bond acceptors (Lipinski definition) is 4. The molecule has 1 rings (SSSR count). The van der Waals surface area contributed by atoms with E-state index in [2.05, 4.69) is 4.31 Å². The smallest absolute Gasteiger partial charge is 0.807 e. The second-order valence-corrected chi connectivity index (χ2v) is 4.42. The van der Waals surface area contributed by atoms with Crippen LogP contribution in [0.2, 0.25) is 0 Å². The van der Waals surface area contributed by atoms with Crippen molar-refractivity contribution < 1.29 is 73.2 Å². The largest absolute Gasteiger partial charge is 1.00 e. The zero-order valence-corrected chi connectivity index (χ0v) is 14.7. The molecule has 2 N–H and O–H groups in total. The van der Waals surface area contributed by atoms with Gasteiger partial charge in [-0.05, 0) is 15.5 Å². The second-order valence-electron chi connectivity index (χ2n) is 2.69. The Morgan fingerprint density at radius 3 is 2.60 bits per heavy atom. The molecule has 0 aromatic carbocycles. The maximum atomic E-state index is 11.1. The van der Waals surface area contributed by atoms with Crippen LogP contribution >= 0.6 is 17.0 Å². The Hall–Kier alpha value is 1.92. The third-order valence-electron chi connectivity index (χ3n) is 1.60. The zero-order chi connectivity index (χ0) is 9.73. The van der Waals surface area contributed by atoms with Crippen molar-refractivity contribution in [1.29, 1.82) is 0 Å². The van der Waals surface area contributed by atoms with Gasteiger partial charge in [0, 0.05) is 0 Å². The van der Waals surface area contributed by atoms with E-state index in [9.17, 15) is 9.79 Å². The molecule has 0 saturated carbocycles. The van der Waals surface area contributed by atoms with Crippen LogP contribution in [0.5, 0.6) is 0 Å². The van der Waals surface area contributed by atoms with Crippen LogP contribution in [-0.4, -0.2) is 11.3 Å². The standard InChI is InChI=1S/C7H10NO3P2.2Na/c8-7(4-2-1-3-5-7)6-13(10)11-12-9;;/h1-4,6,12H,5,8H2;;/q-1;2*+1. The summed E-state index contributed by atoms with van der Waals surface area (Å²) in [5.41, 5.74) is 5.10. The summed E-state index contributed by atoms with van der Waals surface area (Å²) < 4.78 is 4.40. The Morgan fingerprint density at radius 2 is 2.13 bits per heavy atom. The topological polar surface area (TPSA) is 81.4 Å². The fourth-order valence-corrected chi connectivity index (χ4v) is 2.10. The van der Waals surface area contributed by atoms with Crippen LogP contribution in [0.25, 0.3) is 0 Å². The summed E-state index contributed by atoms with van der Waals surface area (Å²) in [6, 6.07) is 0. The summed E-state index contributed by atoms with van der Waals surface area (Å²) in [5, 5.41) is 0. The fraction of sp³-hybridized carbons (Fsp3) is 0.286. The van der Waals surface area contributed by atoms with Crippen LogP contribution in [-0.2, 0) is 4.31 Å². The SMILES string of the molecule is NC1(C=[P+]([O-])OP[O-])C=CC=CC1.[Na+].[Na+]. The summed E-state index contributed by atoms with van der Waals surface area (Å²) in [4.78, 5) is 21.1. The summed E-state index contributed by atoms with van der Waals surface area (Å²) >= 11 is 0. The summed E-state index contributed by atoms with van der Waals surface area (Å²) in [6.45, 7) is 0. The summed E-state index contributed by atoms with van der Waals surface area (Å²) in [7, 11) is -3.05. The van der Waals surface area contributed by atoms with Crippen molar-refractivity contribution in [2.45, 2.75) is 12.0 Å². The van der Waals surface area contributed by atoms with E-state index in [1.807, 2.05) is 12.2 Å². The van der Waals surface area contributed by atoms with Crippen molar-refractivity contribution in [2.75, 3.05) is 0 Å². The van der Waals surface area contributed by atoms with Crippen LogP contribution in [0.1, 0.15) is 6.42 Å². The molecule has 8 heteroatoms. The molecule has 15 heavy (non-hydrogen) atoms. The molecule has 0 fully saturated rings. The second kappa shape index (κ2) is 9.90. The van der Waals surface area contributed by atoms with Crippen LogP contribution in [0.15, 0.2) is 24.3 Å². The molecule has 0 aromatic heterocycles. The Bertz CT molecular complexity index is 273. The molecule has 3 atom stereocenters. The van der Waals surface area contributed by atoms with Crippen LogP contribution in [0.3, 0.4) is 0 Å². The van der Waals surface area contributed by atoms with Gasteiger partial charge >= 0.3 is 59.1 Å². The minimum atomic E-state index is -2.04. The Balaban J connectivity index is 0. The predicted molar refractivity (Wildman–Crippen MR) is 52.2 cm³/mol. The van der Waals surface area contributed by atoms with E-state index >= 15 is 0 Å². The molecular formula is C7H10NNa2O3P2+. The van der Waals surface area contributed by atoms with Gasteiger partial charge in [0.15, 0.2) is 0 Å². The van der Waals surface area contributed by atoms with E-state index < -0.39 is 22.6 Å². The van der Waals surface area contributed by atoms with Gasteiger partial charge in [0.05, 0.1) is 5.54 Å². The maximum absolute atomic E-state index is 11.1. The zero-order valence-electron chi connectivity index (χ0n) is 8.84. The van der Waals surface area contributed by atoms with Crippen molar-refractivity contribution >= 4 is 22.8 Å². The normalized spacial score (nSPS) is 25.1. The van der Waals surface area contributed by atoms with Crippen LogP contribution < -0.4 is 74.6 Å². The molecule has 0 saturated heterocycles. The first-order valence-electron chi connectivity index (χ1n) is 3.66. The van der Waals surface area contributed by atoms with Gasteiger partial charge in [-0.2, -0.15) is 4.31 Å². The van der Waals surface area contributed by atoms with Crippen molar-refractivity contribution in [3.63, 3.8) is 0 Å². The molecule has 1 aliphatic rings. The van der Waals surface area contributed by atoms with Gasteiger partial charge in [0.25, 0.3) is 0 Å².